The zero-order valence-corrected chi connectivity index (χ0v) is 11.1. The summed E-state index contributed by atoms with van der Waals surface area (Å²) in [5.74, 6) is 0.0702. The molecule has 19 heavy (non-hydrogen) atoms. The molecule has 1 N–H and O–H groups in total. The standard InChI is InChI=1S/C14H15NO4/c1-8-4-5-12(9(2)6-8)18-7-11-10(3)19-15-13(11)14(16)17/h4-6H,7H2,1-3H3,(H,16,17). The van der Waals surface area contributed by atoms with Crippen LogP contribution in [-0.2, 0) is 6.61 Å². The molecule has 1 heterocycles. The first-order valence-electron chi connectivity index (χ1n) is 5.87. The summed E-state index contributed by atoms with van der Waals surface area (Å²) < 4.78 is 10.5. The molecule has 0 spiro atoms. The van der Waals surface area contributed by atoms with Crippen LogP contribution in [0.3, 0.4) is 0 Å². The van der Waals surface area contributed by atoms with Crippen LogP contribution in [0.2, 0.25) is 0 Å². The molecule has 0 saturated heterocycles. The number of aromatic nitrogens is 1. The third-order valence-electron chi connectivity index (χ3n) is 2.89. The van der Waals surface area contributed by atoms with Crippen LogP contribution < -0.4 is 4.74 Å². The van der Waals surface area contributed by atoms with Gasteiger partial charge >= 0.3 is 5.97 Å². The Bertz CT molecular complexity index is 616. The summed E-state index contributed by atoms with van der Waals surface area (Å²) >= 11 is 0. The van der Waals surface area contributed by atoms with Crippen molar-refractivity contribution in [3.8, 4) is 5.75 Å². The maximum absolute atomic E-state index is 11.0. The normalized spacial score (nSPS) is 10.5. The van der Waals surface area contributed by atoms with Gasteiger partial charge in [-0.25, -0.2) is 4.79 Å². The number of rotatable bonds is 4. The molecule has 0 radical (unpaired) electrons. The van der Waals surface area contributed by atoms with E-state index in [4.69, 9.17) is 14.4 Å². The molecule has 1 aromatic heterocycles. The largest absolute Gasteiger partial charge is 0.488 e. The minimum atomic E-state index is -1.11. The van der Waals surface area contributed by atoms with Crippen LogP contribution in [0.5, 0.6) is 5.75 Å². The quantitative estimate of drug-likeness (QED) is 0.916. The van der Waals surface area contributed by atoms with Crippen LogP contribution in [-0.4, -0.2) is 16.2 Å². The van der Waals surface area contributed by atoms with E-state index in [2.05, 4.69) is 5.16 Å². The molecule has 0 saturated carbocycles. The number of aryl methyl sites for hydroxylation is 3. The molecule has 0 bridgehead atoms. The van der Waals surface area contributed by atoms with E-state index in [0.29, 0.717) is 11.3 Å². The second-order valence-electron chi connectivity index (χ2n) is 4.43. The summed E-state index contributed by atoms with van der Waals surface area (Å²) in [6.45, 7) is 5.74. The van der Waals surface area contributed by atoms with E-state index in [1.807, 2.05) is 32.0 Å². The number of aromatic carboxylic acids is 1. The van der Waals surface area contributed by atoms with Crippen molar-refractivity contribution < 1.29 is 19.2 Å². The van der Waals surface area contributed by atoms with Crippen molar-refractivity contribution in [2.75, 3.05) is 0 Å². The zero-order chi connectivity index (χ0) is 14.0. The number of hydrogen-bond donors (Lipinski definition) is 1. The minimum absolute atomic E-state index is 0.0951. The predicted octanol–water partition coefficient (Wildman–Crippen LogP) is 2.88. The SMILES string of the molecule is Cc1ccc(OCc2c(C(=O)O)noc2C)c(C)c1. The van der Waals surface area contributed by atoms with Crippen LogP contribution in [0.1, 0.15) is 32.9 Å². The second-order valence-corrected chi connectivity index (χ2v) is 4.43. The van der Waals surface area contributed by atoms with E-state index in [-0.39, 0.29) is 12.3 Å². The first-order chi connectivity index (χ1) is 8.99. The predicted molar refractivity (Wildman–Crippen MR) is 68.4 cm³/mol. The average Bonchev–Trinajstić information content (AvgIpc) is 2.70. The summed E-state index contributed by atoms with van der Waals surface area (Å²) in [4.78, 5) is 11.0. The van der Waals surface area contributed by atoms with Crippen LogP contribution in [0, 0.1) is 20.8 Å². The summed E-state index contributed by atoms with van der Waals surface area (Å²) in [6, 6.07) is 5.82. The minimum Gasteiger partial charge on any atom is -0.488 e. The number of nitrogens with zero attached hydrogens (tertiary/aromatic N) is 1. The highest BCUT2D eigenvalue weighted by molar-refractivity contribution is 5.87. The topological polar surface area (TPSA) is 72.6 Å². The lowest BCUT2D eigenvalue weighted by Crippen LogP contribution is -2.05. The Balaban J connectivity index is 2.19. The fraction of sp³-hybridized carbons (Fsp3) is 0.286. The Morgan fingerprint density at radius 3 is 2.74 bits per heavy atom. The van der Waals surface area contributed by atoms with Crippen molar-refractivity contribution in [3.05, 3.63) is 46.3 Å². The van der Waals surface area contributed by atoms with Crippen LogP contribution in [0.25, 0.3) is 0 Å². The number of hydrogen-bond acceptors (Lipinski definition) is 4. The Hall–Kier alpha value is -2.30. The molecule has 5 heteroatoms. The fourth-order valence-electron chi connectivity index (χ4n) is 1.84. The Morgan fingerprint density at radius 2 is 2.11 bits per heavy atom. The van der Waals surface area contributed by atoms with Gasteiger partial charge in [-0.1, -0.05) is 22.9 Å². The van der Waals surface area contributed by atoms with E-state index in [9.17, 15) is 4.79 Å². The molecule has 100 valence electrons. The van der Waals surface area contributed by atoms with Crippen molar-refractivity contribution in [2.24, 2.45) is 0 Å². The summed E-state index contributed by atoms with van der Waals surface area (Å²) in [7, 11) is 0. The number of carboxylic acids is 1. The molecule has 5 nitrogen and oxygen atoms in total. The third kappa shape index (κ3) is 2.76. The van der Waals surface area contributed by atoms with E-state index in [1.165, 1.54) is 0 Å². The molecule has 0 aliphatic heterocycles. The molecule has 0 atom stereocenters. The van der Waals surface area contributed by atoms with Gasteiger partial charge in [0.2, 0.25) is 0 Å². The number of carboxylic acid groups (broad SMARTS) is 1. The molecule has 0 fully saturated rings. The molecule has 0 amide bonds. The van der Waals surface area contributed by atoms with Gasteiger partial charge in [0.15, 0.2) is 5.69 Å². The van der Waals surface area contributed by atoms with E-state index in [0.717, 1.165) is 16.9 Å². The highest BCUT2D eigenvalue weighted by atomic mass is 16.5. The molecular formula is C14H15NO4. The van der Waals surface area contributed by atoms with E-state index in [1.54, 1.807) is 6.92 Å². The summed E-state index contributed by atoms with van der Waals surface area (Å²) in [5.41, 5.74) is 2.53. The highest BCUT2D eigenvalue weighted by Gasteiger charge is 2.19. The van der Waals surface area contributed by atoms with Gasteiger partial charge < -0.3 is 14.4 Å². The van der Waals surface area contributed by atoms with Gasteiger partial charge in [-0.05, 0) is 32.4 Å². The number of benzene rings is 1. The van der Waals surface area contributed by atoms with Crippen LogP contribution in [0.4, 0.5) is 0 Å². The fourth-order valence-corrected chi connectivity index (χ4v) is 1.84. The van der Waals surface area contributed by atoms with Gasteiger partial charge in [-0.3, -0.25) is 0 Å². The molecular weight excluding hydrogens is 246 g/mol. The van der Waals surface area contributed by atoms with Crippen molar-refractivity contribution in [1.29, 1.82) is 0 Å². The van der Waals surface area contributed by atoms with Crippen molar-refractivity contribution in [3.63, 3.8) is 0 Å². The van der Waals surface area contributed by atoms with Gasteiger partial charge in [0, 0.05) is 0 Å². The Labute approximate surface area is 110 Å². The molecule has 2 rings (SSSR count). The molecule has 1 aromatic carbocycles. The molecule has 2 aromatic rings. The number of ether oxygens (including phenoxy) is 1. The summed E-state index contributed by atoms with van der Waals surface area (Å²) in [5, 5.41) is 12.5. The Morgan fingerprint density at radius 1 is 1.37 bits per heavy atom. The monoisotopic (exact) mass is 261 g/mol. The maximum atomic E-state index is 11.0. The first kappa shape index (κ1) is 13.1. The zero-order valence-electron chi connectivity index (χ0n) is 11.1. The second kappa shape index (κ2) is 5.14. The van der Waals surface area contributed by atoms with E-state index >= 15 is 0 Å². The first-order valence-corrected chi connectivity index (χ1v) is 5.87. The smallest absolute Gasteiger partial charge is 0.358 e. The third-order valence-corrected chi connectivity index (χ3v) is 2.89. The molecule has 0 aliphatic carbocycles. The van der Waals surface area contributed by atoms with Crippen LogP contribution >= 0.6 is 0 Å². The van der Waals surface area contributed by atoms with Crippen molar-refractivity contribution in [1.82, 2.24) is 5.16 Å². The van der Waals surface area contributed by atoms with Crippen molar-refractivity contribution >= 4 is 5.97 Å². The number of carbonyl (C=O) groups is 1. The van der Waals surface area contributed by atoms with Gasteiger partial charge in [0.1, 0.15) is 18.1 Å². The van der Waals surface area contributed by atoms with Gasteiger partial charge in [-0.15, -0.1) is 0 Å². The highest BCUT2D eigenvalue weighted by Crippen LogP contribution is 2.22. The lowest BCUT2D eigenvalue weighted by atomic mass is 10.1. The van der Waals surface area contributed by atoms with Gasteiger partial charge in [0.05, 0.1) is 5.56 Å². The maximum Gasteiger partial charge on any atom is 0.358 e. The van der Waals surface area contributed by atoms with Crippen molar-refractivity contribution in [2.45, 2.75) is 27.4 Å². The lowest BCUT2D eigenvalue weighted by molar-refractivity contribution is 0.0683. The average molecular weight is 261 g/mol. The van der Waals surface area contributed by atoms with E-state index < -0.39 is 5.97 Å². The van der Waals surface area contributed by atoms with Gasteiger partial charge in [-0.2, -0.15) is 0 Å². The summed E-state index contributed by atoms with van der Waals surface area (Å²) in [6.07, 6.45) is 0. The van der Waals surface area contributed by atoms with Gasteiger partial charge in [0.25, 0.3) is 0 Å². The Kier molecular flexibility index (Phi) is 3.55. The molecule has 0 unspecified atom stereocenters. The molecule has 0 aliphatic rings. The van der Waals surface area contributed by atoms with Crippen LogP contribution in [0.15, 0.2) is 22.7 Å². The lowest BCUT2D eigenvalue weighted by Gasteiger charge is -2.09.